The SMILES string of the molecule is CN=C(NCCc1nc2ccccc2[nH]1)NCc1ccccc1Cn1cccn1.I. The molecule has 30 heavy (non-hydrogen) atoms. The minimum Gasteiger partial charge on any atom is -0.356 e. The van der Waals surface area contributed by atoms with E-state index >= 15 is 0 Å². The first-order valence-corrected chi connectivity index (χ1v) is 9.74. The van der Waals surface area contributed by atoms with Crippen LogP contribution in [0.2, 0.25) is 0 Å². The van der Waals surface area contributed by atoms with Gasteiger partial charge in [0, 0.05) is 39.0 Å². The summed E-state index contributed by atoms with van der Waals surface area (Å²) in [6, 6.07) is 18.4. The molecule has 0 unspecified atom stereocenters. The quantitative estimate of drug-likeness (QED) is 0.200. The van der Waals surface area contributed by atoms with Gasteiger partial charge >= 0.3 is 0 Å². The summed E-state index contributed by atoms with van der Waals surface area (Å²) in [6.07, 6.45) is 4.57. The predicted octanol–water partition coefficient (Wildman–Crippen LogP) is 3.33. The lowest BCUT2D eigenvalue weighted by Crippen LogP contribution is -2.38. The van der Waals surface area contributed by atoms with Crippen LogP contribution in [0.3, 0.4) is 0 Å². The molecule has 0 fully saturated rings. The number of rotatable bonds is 7. The molecule has 0 saturated heterocycles. The highest BCUT2D eigenvalue weighted by Crippen LogP contribution is 2.11. The highest BCUT2D eigenvalue weighted by atomic mass is 127. The number of aromatic nitrogens is 4. The maximum absolute atomic E-state index is 4.61. The van der Waals surface area contributed by atoms with Gasteiger partial charge in [-0.05, 0) is 29.3 Å². The Morgan fingerprint density at radius 3 is 2.60 bits per heavy atom. The van der Waals surface area contributed by atoms with Crippen molar-refractivity contribution in [3.63, 3.8) is 0 Å². The molecule has 0 aliphatic rings. The van der Waals surface area contributed by atoms with Crippen LogP contribution in [-0.2, 0) is 19.5 Å². The molecule has 0 aliphatic heterocycles. The van der Waals surface area contributed by atoms with E-state index < -0.39 is 0 Å². The number of imidazole rings is 1. The van der Waals surface area contributed by atoms with Gasteiger partial charge in [0.1, 0.15) is 5.82 Å². The second-order valence-corrected chi connectivity index (χ2v) is 6.78. The van der Waals surface area contributed by atoms with Crippen LogP contribution in [0, 0.1) is 0 Å². The van der Waals surface area contributed by atoms with Gasteiger partial charge in [-0.1, -0.05) is 36.4 Å². The summed E-state index contributed by atoms with van der Waals surface area (Å²) in [7, 11) is 1.78. The summed E-state index contributed by atoms with van der Waals surface area (Å²) in [4.78, 5) is 12.3. The zero-order chi connectivity index (χ0) is 19.9. The van der Waals surface area contributed by atoms with E-state index in [-0.39, 0.29) is 24.0 Å². The summed E-state index contributed by atoms with van der Waals surface area (Å²) in [5.74, 6) is 1.74. The molecule has 2 aromatic carbocycles. The van der Waals surface area contributed by atoms with E-state index in [9.17, 15) is 0 Å². The maximum atomic E-state index is 4.61. The Morgan fingerprint density at radius 1 is 1.03 bits per heavy atom. The van der Waals surface area contributed by atoms with Crippen molar-refractivity contribution in [1.82, 2.24) is 30.4 Å². The summed E-state index contributed by atoms with van der Waals surface area (Å²) < 4.78 is 1.93. The highest BCUT2D eigenvalue weighted by Gasteiger charge is 2.06. The zero-order valence-corrected chi connectivity index (χ0v) is 19.2. The van der Waals surface area contributed by atoms with Gasteiger partial charge in [-0.25, -0.2) is 4.98 Å². The molecule has 0 amide bonds. The molecular weight excluding hydrogens is 489 g/mol. The number of halogens is 1. The van der Waals surface area contributed by atoms with Crippen molar-refractivity contribution in [2.75, 3.05) is 13.6 Å². The fourth-order valence-electron chi connectivity index (χ4n) is 3.28. The Kier molecular flexibility index (Phi) is 7.83. The van der Waals surface area contributed by atoms with Crippen LogP contribution in [0.25, 0.3) is 11.0 Å². The first-order valence-electron chi connectivity index (χ1n) is 9.74. The Hall–Kier alpha value is -2.88. The number of H-pyrrole nitrogens is 1. The van der Waals surface area contributed by atoms with Gasteiger partial charge in [-0.3, -0.25) is 9.67 Å². The number of hydrogen-bond acceptors (Lipinski definition) is 3. The van der Waals surface area contributed by atoms with Crippen molar-refractivity contribution in [2.45, 2.75) is 19.5 Å². The van der Waals surface area contributed by atoms with E-state index in [1.54, 1.807) is 13.2 Å². The number of nitrogens with zero attached hydrogens (tertiary/aromatic N) is 4. The molecule has 7 nitrogen and oxygen atoms in total. The number of aromatic amines is 1. The number of para-hydroxylation sites is 2. The molecule has 8 heteroatoms. The van der Waals surface area contributed by atoms with Crippen molar-refractivity contribution in [1.29, 1.82) is 0 Å². The van der Waals surface area contributed by atoms with Gasteiger partial charge < -0.3 is 15.6 Å². The topological polar surface area (TPSA) is 82.9 Å². The summed E-state index contributed by atoms with van der Waals surface area (Å²) in [5.41, 5.74) is 4.53. The third-order valence-electron chi connectivity index (χ3n) is 4.77. The van der Waals surface area contributed by atoms with Crippen LogP contribution >= 0.6 is 24.0 Å². The minimum atomic E-state index is 0. The van der Waals surface area contributed by atoms with Gasteiger partial charge in [0.05, 0.1) is 17.6 Å². The lowest BCUT2D eigenvalue weighted by molar-refractivity contribution is 0.677. The van der Waals surface area contributed by atoms with Crippen LogP contribution in [0.4, 0.5) is 0 Å². The summed E-state index contributed by atoms with van der Waals surface area (Å²) in [5, 5.41) is 11.1. The number of hydrogen-bond donors (Lipinski definition) is 3. The van der Waals surface area contributed by atoms with E-state index in [1.165, 1.54) is 11.1 Å². The molecule has 0 atom stereocenters. The van der Waals surface area contributed by atoms with E-state index in [0.717, 1.165) is 42.3 Å². The first kappa shape index (κ1) is 21.8. The molecule has 0 aliphatic carbocycles. The smallest absolute Gasteiger partial charge is 0.191 e. The molecule has 4 aromatic rings. The molecule has 2 heterocycles. The Balaban J connectivity index is 0.00000256. The molecule has 2 aromatic heterocycles. The number of guanidine groups is 1. The fraction of sp³-hybridized carbons (Fsp3) is 0.227. The van der Waals surface area contributed by atoms with E-state index in [1.807, 2.05) is 41.2 Å². The Morgan fingerprint density at radius 2 is 1.83 bits per heavy atom. The van der Waals surface area contributed by atoms with Crippen molar-refractivity contribution >= 4 is 41.0 Å². The number of aliphatic imine (C=N–C) groups is 1. The molecule has 0 saturated carbocycles. The molecule has 3 N–H and O–H groups in total. The molecule has 156 valence electrons. The number of benzene rings is 2. The number of fused-ring (bicyclic) bond motifs is 1. The average Bonchev–Trinajstić information content (AvgIpc) is 3.40. The molecular formula is C22H26IN7. The molecule has 0 spiro atoms. The predicted molar refractivity (Wildman–Crippen MR) is 131 cm³/mol. The van der Waals surface area contributed by atoms with Crippen molar-refractivity contribution in [3.05, 3.63) is 83.9 Å². The first-order chi connectivity index (χ1) is 14.3. The van der Waals surface area contributed by atoms with Crippen molar-refractivity contribution < 1.29 is 0 Å². The van der Waals surface area contributed by atoms with Crippen LogP contribution in [0.5, 0.6) is 0 Å². The van der Waals surface area contributed by atoms with Crippen molar-refractivity contribution in [2.24, 2.45) is 4.99 Å². The highest BCUT2D eigenvalue weighted by molar-refractivity contribution is 14.0. The Labute approximate surface area is 193 Å². The van der Waals surface area contributed by atoms with Crippen LogP contribution < -0.4 is 10.6 Å². The molecule has 0 radical (unpaired) electrons. The average molecular weight is 515 g/mol. The molecule has 0 bridgehead atoms. The second kappa shape index (κ2) is 10.8. The monoisotopic (exact) mass is 515 g/mol. The van der Waals surface area contributed by atoms with E-state index in [2.05, 4.69) is 55.0 Å². The van der Waals surface area contributed by atoms with Gasteiger partial charge in [-0.15, -0.1) is 24.0 Å². The lowest BCUT2D eigenvalue weighted by atomic mass is 10.1. The zero-order valence-electron chi connectivity index (χ0n) is 16.9. The van der Waals surface area contributed by atoms with Crippen LogP contribution in [0.1, 0.15) is 17.0 Å². The summed E-state index contributed by atoms with van der Waals surface area (Å²) >= 11 is 0. The van der Waals surface area contributed by atoms with Crippen LogP contribution in [-0.4, -0.2) is 39.3 Å². The third kappa shape index (κ3) is 5.59. The van der Waals surface area contributed by atoms with Gasteiger partial charge in [0.2, 0.25) is 0 Å². The van der Waals surface area contributed by atoms with E-state index in [4.69, 9.17) is 0 Å². The van der Waals surface area contributed by atoms with Crippen molar-refractivity contribution in [3.8, 4) is 0 Å². The second-order valence-electron chi connectivity index (χ2n) is 6.78. The summed E-state index contributed by atoms with van der Waals surface area (Å²) in [6.45, 7) is 2.19. The lowest BCUT2D eigenvalue weighted by Gasteiger charge is -2.14. The fourth-order valence-corrected chi connectivity index (χ4v) is 3.28. The number of nitrogens with one attached hydrogen (secondary N) is 3. The standard InChI is InChI=1S/C22H25N7.HI/c1-23-22(24-13-11-21-27-19-9-4-5-10-20(19)28-21)25-15-17-7-2-3-8-18(17)16-29-14-6-12-26-29;/h2-10,12,14H,11,13,15-16H2,1H3,(H,27,28)(H2,23,24,25);1H. The Bertz CT molecular complexity index is 1050. The normalized spacial score (nSPS) is 11.3. The largest absolute Gasteiger partial charge is 0.356 e. The van der Waals surface area contributed by atoms with E-state index in [0.29, 0.717) is 6.54 Å². The molecule has 4 rings (SSSR count). The van der Waals surface area contributed by atoms with Gasteiger partial charge in [0.25, 0.3) is 0 Å². The minimum absolute atomic E-state index is 0. The van der Waals surface area contributed by atoms with Crippen LogP contribution in [0.15, 0.2) is 72.0 Å². The maximum Gasteiger partial charge on any atom is 0.191 e. The van der Waals surface area contributed by atoms with Gasteiger partial charge in [-0.2, -0.15) is 5.10 Å². The third-order valence-corrected chi connectivity index (χ3v) is 4.77. The van der Waals surface area contributed by atoms with Gasteiger partial charge in [0.15, 0.2) is 5.96 Å².